The highest BCUT2D eigenvalue weighted by Crippen LogP contribution is 2.22. The molecule has 0 saturated heterocycles. The summed E-state index contributed by atoms with van der Waals surface area (Å²) in [5, 5.41) is 7.06. The van der Waals surface area contributed by atoms with Crippen LogP contribution in [0.25, 0.3) is 0 Å². The molecule has 6 heteroatoms. The van der Waals surface area contributed by atoms with Crippen molar-refractivity contribution in [3.8, 4) is 0 Å². The van der Waals surface area contributed by atoms with E-state index in [0.717, 1.165) is 16.8 Å². The average Bonchev–Trinajstić information content (AvgIpc) is 2.73. The molecule has 1 aromatic carbocycles. The molecule has 0 radical (unpaired) electrons. The SMILES string of the molecule is Cc1cc(C)cc(C(=O)Nc2c(C(=O)N(C)C)nn(C)c2C)c1. The number of nitrogens with zero attached hydrogens (tertiary/aromatic N) is 3. The zero-order valence-corrected chi connectivity index (χ0v) is 14.4. The minimum absolute atomic E-state index is 0.243. The minimum atomic E-state index is -0.249. The highest BCUT2D eigenvalue weighted by atomic mass is 16.2. The van der Waals surface area contributed by atoms with Gasteiger partial charge in [-0.05, 0) is 32.9 Å². The first kappa shape index (κ1) is 16.7. The lowest BCUT2D eigenvalue weighted by Crippen LogP contribution is -2.24. The van der Waals surface area contributed by atoms with Crippen molar-refractivity contribution in [3.05, 3.63) is 46.3 Å². The summed E-state index contributed by atoms with van der Waals surface area (Å²) in [4.78, 5) is 26.2. The Morgan fingerprint density at radius 2 is 1.65 bits per heavy atom. The molecule has 0 aliphatic carbocycles. The van der Waals surface area contributed by atoms with Gasteiger partial charge in [-0.25, -0.2) is 0 Å². The van der Waals surface area contributed by atoms with Crippen LogP contribution < -0.4 is 5.32 Å². The molecule has 2 rings (SSSR count). The second kappa shape index (κ2) is 6.24. The van der Waals surface area contributed by atoms with Crippen LogP contribution in [0, 0.1) is 20.8 Å². The maximum atomic E-state index is 12.6. The second-order valence-corrected chi connectivity index (χ2v) is 5.96. The number of nitrogens with one attached hydrogen (secondary N) is 1. The van der Waals surface area contributed by atoms with Gasteiger partial charge in [0.05, 0.1) is 11.4 Å². The summed E-state index contributed by atoms with van der Waals surface area (Å²) in [6.45, 7) is 5.71. The Hall–Kier alpha value is -2.63. The van der Waals surface area contributed by atoms with Crippen molar-refractivity contribution in [2.24, 2.45) is 7.05 Å². The van der Waals surface area contributed by atoms with Crippen LogP contribution in [0.1, 0.15) is 37.7 Å². The fourth-order valence-corrected chi connectivity index (χ4v) is 2.41. The molecule has 0 aliphatic rings. The van der Waals surface area contributed by atoms with Crippen LogP contribution in [0.2, 0.25) is 0 Å². The molecule has 1 N–H and O–H groups in total. The van der Waals surface area contributed by atoms with Gasteiger partial charge in [0, 0.05) is 26.7 Å². The van der Waals surface area contributed by atoms with E-state index in [9.17, 15) is 9.59 Å². The first-order valence-corrected chi connectivity index (χ1v) is 7.35. The Bertz CT molecular complexity index is 755. The van der Waals surface area contributed by atoms with E-state index >= 15 is 0 Å². The van der Waals surface area contributed by atoms with Crippen molar-refractivity contribution >= 4 is 17.5 Å². The molecule has 122 valence electrons. The topological polar surface area (TPSA) is 67.2 Å². The lowest BCUT2D eigenvalue weighted by Gasteiger charge is -2.11. The number of rotatable bonds is 3. The quantitative estimate of drug-likeness (QED) is 0.945. The molecule has 1 aromatic heterocycles. The van der Waals surface area contributed by atoms with Gasteiger partial charge in [-0.1, -0.05) is 17.2 Å². The predicted octanol–water partition coefficient (Wildman–Crippen LogP) is 2.30. The molecule has 2 aromatic rings. The van der Waals surface area contributed by atoms with Crippen molar-refractivity contribution in [3.63, 3.8) is 0 Å². The lowest BCUT2D eigenvalue weighted by molar-refractivity contribution is 0.0822. The predicted molar refractivity (Wildman–Crippen MR) is 89.8 cm³/mol. The van der Waals surface area contributed by atoms with Crippen molar-refractivity contribution in [1.82, 2.24) is 14.7 Å². The van der Waals surface area contributed by atoms with Gasteiger partial charge >= 0.3 is 0 Å². The van der Waals surface area contributed by atoms with Crippen molar-refractivity contribution < 1.29 is 9.59 Å². The maximum Gasteiger partial charge on any atom is 0.276 e. The van der Waals surface area contributed by atoms with Crippen LogP contribution in [0.15, 0.2) is 18.2 Å². The fourth-order valence-electron chi connectivity index (χ4n) is 2.41. The van der Waals surface area contributed by atoms with E-state index < -0.39 is 0 Å². The smallest absolute Gasteiger partial charge is 0.276 e. The molecule has 0 unspecified atom stereocenters. The Balaban J connectivity index is 2.39. The van der Waals surface area contributed by atoms with E-state index in [0.29, 0.717) is 11.3 Å². The third kappa shape index (κ3) is 3.41. The largest absolute Gasteiger partial charge is 0.343 e. The van der Waals surface area contributed by atoms with Crippen LogP contribution >= 0.6 is 0 Å². The highest BCUT2D eigenvalue weighted by Gasteiger charge is 2.23. The summed E-state index contributed by atoms with van der Waals surface area (Å²) in [5.74, 6) is -0.495. The lowest BCUT2D eigenvalue weighted by atomic mass is 10.1. The third-order valence-electron chi connectivity index (χ3n) is 3.67. The molecule has 23 heavy (non-hydrogen) atoms. The number of carbonyl (C=O) groups excluding carboxylic acids is 2. The van der Waals surface area contributed by atoms with Gasteiger partial charge in [0.25, 0.3) is 11.8 Å². The molecule has 0 saturated carbocycles. The van der Waals surface area contributed by atoms with Crippen LogP contribution in [-0.4, -0.2) is 40.6 Å². The van der Waals surface area contributed by atoms with Gasteiger partial charge in [0.1, 0.15) is 0 Å². The molecule has 2 amide bonds. The molecule has 0 fully saturated rings. The van der Waals surface area contributed by atoms with Crippen molar-refractivity contribution in [2.45, 2.75) is 20.8 Å². The number of hydrogen-bond donors (Lipinski definition) is 1. The number of hydrogen-bond acceptors (Lipinski definition) is 3. The van der Waals surface area contributed by atoms with E-state index in [1.54, 1.807) is 25.8 Å². The van der Waals surface area contributed by atoms with E-state index in [1.807, 2.05) is 39.0 Å². The van der Waals surface area contributed by atoms with Gasteiger partial charge in [0.15, 0.2) is 5.69 Å². The van der Waals surface area contributed by atoms with Crippen molar-refractivity contribution in [2.75, 3.05) is 19.4 Å². The summed E-state index contributed by atoms with van der Waals surface area (Å²) >= 11 is 0. The van der Waals surface area contributed by atoms with Crippen LogP contribution in [0.5, 0.6) is 0 Å². The summed E-state index contributed by atoms with van der Waals surface area (Å²) in [7, 11) is 5.05. The van der Waals surface area contributed by atoms with Crippen LogP contribution in [-0.2, 0) is 7.05 Å². The number of benzene rings is 1. The maximum absolute atomic E-state index is 12.6. The Morgan fingerprint density at radius 1 is 1.09 bits per heavy atom. The fraction of sp³-hybridized carbons (Fsp3) is 0.353. The van der Waals surface area contributed by atoms with Gasteiger partial charge in [-0.2, -0.15) is 5.10 Å². The Morgan fingerprint density at radius 3 is 2.17 bits per heavy atom. The second-order valence-electron chi connectivity index (χ2n) is 5.96. The summed E-state index contributed by atoms with van der Waals surface area (Å²) < 4.78 is 1.59. The molecular formula is C17H22N4O2. The molecule has 0 spiro atoms. The molecule has 0 atom stereocenters. The first-order valence-electron chi connectivity index (χ1n) is 7.35. The molecule has 6 nitrogen and oxygen atoms in total. The zero-order valence-electron chi connectivity index (χ0n) is 14.4. The van der Waals surface area contributed by atoms with Crippen LogP contribution in [0.4, 0.5) is 5.69 Å². The number of aryl methyl sites for hydroxylation is 3. The van der Waals surface area contributed by atoms with E-state index in [-0.39, 0.29) is 17.5 Å². The van der Waals surface area contributed by atoms with Gasteiger partial charge < -0.3 is 10.2 Å². The number of anilines is 1. The van der Waals surface area contributed by atoms with Crippen LogP contribution in [0.3, 0.4) is 0 Å². The minimum Gasteiger partial charge on any atom is -0.343 e. The molecular weight excluding hydrogens is 292 g/mol. The summed E-state index contributed by atoms with van der Waals surface area (Å²) in [6.07, 6.45) is 0. The van der Waals surface area contributed by atoms with Gasteiger partial charge in [-0.15, -0.1) is 0 Å². The monoisotopic (exact) mass is 314 g/mol. The highest BCUT2D eigenvalue weighted by molar-refractivity contribution is 6.08. The van der Waals surface area contributed by atoms with Gasteiger partial charge in [0.2, 0.25) is 0 Å². The summed E-state index contributed by atoms with van der Waals surface area (Å²) in [6, 6.07) is 5.65. The van der Waals surface area contributed by atoms with Gasteiger partial charge in [-0.3, -0.25) is 14.3 Å². The Kier molecular flexibility index (Phi) is 4.54. The number of aromatic nitrogens is 2. The van der Waals surface area contributed by atoms with E-state index in [1.165, 1.54) is 4.90 Å². The van der Waals surface area contributed by atoms with E-state index in [2.05, 4.69) is 10.4 Å². The van der Waals surface area contributed by atoms with E-state index in [4.69, 9.17) is 0 Å². The summed E-state index contributed by atoms with van der Waals surface area (Å²) in [5.41, 5.74) is 4.02. The third-order valence-corrected chi connectivity index (χ3v) is 3.67. The number of amides is 2. The van der Waals surface area contributed by atoms with Crippen molar-refractivity contribution in [1.29, 1.82) is 0 Å². The molecule has 0 aliphatic heterocycles. The molecule has 1 heterocycles. The zero-order chi connectivity index (χ0) is 17.3. The average molecular weight is 314 g/mol. The standard InChI is InChI=1S/C17H22N4O2/c1-10-7-11(2)9-13(8-10)16(22)18-14-12(3)21(6)19-15(14)17(23)20(4)5/h7-9H,1-6H3,(H,18,22). The number of carbonyl (C=O) groups is 2. The Labute approximate surface area is 136 Å². The first-order chi connectivity index (χ1) is 10.7. The normalized spacial score (nSPS) is 10.5. The molecule has 0 bridgehead atoms.